The third kappa shape index (κ3) is 6.13. The van der Waals surface area contributed by atoms with Gasteiger partial charge in [0.2, 0.25) is 5.91 Å². The Morgan fingerprint density at radius 3 is 2.27 bits per heavy atom. The molecule has 5 heteroatoms. The van der Waals surface area contributed by atoms with Gasteiger partial charge in [-0.05, 0) is 48.9 Å². The van der Waals surface area contributed by atoms with Crippen molar-refractivity contribution in [2.75, 3.05) is 26.2 Å². The van der Waals surface area contributed by atoms with Crippen molar-refractivity contribution >= 4 is 11.8 Å². The fraction of sp³-hybridized carbons (Fsp3) is 0.619. The van der Waals surface area contributed by atoms with Crippen LogP contribution in [0.25, 0.3) is 0 Å². The van der Waals surface area contributed by atoms with E-state index in [2.05, 4.69) is 43.2 Å². The monoisotopic (exact) mass is 359 g/mol. The molecule has 0 bridgehead atoms. The van der Waals surface area contributed by atoms with E-state index < -0.39 is 0 Å². The molecule has 1 aromatic carbocycles. The maximum atomic E-state index is 12.2. The summed E-state index contributed by atoms with van der Waals surface area (Å²) >= 11 is 0. The Morgan fingerprint density at radius 2 is 1.73 bits per heavy atom. The first-order valence-corrected chi connectivity index (χ1v) is 9.70. The number of hydrogen-bond donors (Lipinski definition) is 2. The van der Waals surface area contributed by atoms with Crippen LogP contribution in [0.5, 0.6) is 0 Å². The van der Waals surface area contributed by atoms with Gasteiger partial charge >= 0.3 is 0 Å². The van der Waals surface area contributed by atoms with E-state index in [1.54, 1.807) is 0 Å². The summed E-state index contributed by atoms with van der Waals surface area (Å²) in [5.41, 5.74) is 1.82. The zero-order valence-electron chi connectivity index (χ0n) is 16.6. The summed E-state index contributed by atoms with van der Waals surface area (Å²) in [5, 5.41) is 5.75. The summed E-state index contributed by atoms with van der Waals surface area (Å²) in [6, 6.07) is 7.80. The first-order chi connectivity index (χ1) is 12.3. The van der Waals surface area contributed by atoms with Gasteiger partial charge in [0.15, 0.2) is 0 Å². The lowest BCUT2D eigenvalue weighted by molar-refractivity contribution is -0.121. The number of likely N-dealkylation sites (tertiary alicyclic amines) is 1. The molecular formula is C21H33N3O2. The van der Waals surface area contributed by atoms with Crippen LogP contribution in [0.2, 0.25) is 0 Å². The van der Waals surface area contributed by atoms with E-state index in [0.717, 1.165) is 32.5 Å². The number of benzene rings is 1. The topological polar surface area (TPSA) is 61.4 Å². The van der Waals surface area contributed by atoms with Crippen molar-refractivity contribution in [2.24, 2.45) is 0 Å². The molecule has 1 aliphatic heterocycles. The van der Waals surface area contributed by atoms with E-state index in [-0.39, 0.29) is 29.8 Å². The van der Waals surface area contributed by atoms with Gasteiger partial charge in [0.1, 0.15) is 0 Å². The van der Waals surface area contributed by atoms with Crippen molar-refractivity contribution in [1.82, 2.24) is 15.5 Å². The van der Waals surface area contributed by atoms with Crippen LogP contribution in [-0.2, 0) is 10.2 Å². The summed E-state index contributed by atoms with van der Waals surface area (Å²) in [4.78, 5) is 26.8. The van der Waals surface area contributed by atoms with Gasteiger partial charge in [0.05, 0.1) is 6.54 Å². The minimum atomic E-state index is -0.210. The predicted octanol–water partition coefficient (Wildman–Crippen LogP) is 2.70. The Kier molecular flexibility index (Phi) is 7.21. The quantitative estimate of drug-likeness (QED) is 0.821. The molecule has 144 valence electrons. The third-order valence-electron chi connectivity index (χ3n) is 4.92. The number of nitrogens with zero attached hydrogens (tertiary/aromatic N) is 1. The van der Waals surface area contributed by atoms with Crippen LogP contribution >= 0.6 is 0 Å². The molecule has 0 atom stereocenters. The van der Waals surface area contributed by atoms with Gasteiger partial charge in [-0.3, -0.25) is 9.59 Å². The van der Waals surface area contributed by atoms with Crippen LogP contribution in [0.3, 0.4) is 0 Å². The summed E-state index contributed by atoms with van der Waals surface area (Å²) in [7, 11) is 0. The average molecular weight is 360 g/mol. The Balaban J connectivity index is 1.74. The molecule has 0 aromatic heterocycles. The van der Waals surface area contributed by atoms with Crippen LogP contribution in [0.4, 0.5) is 0 Å². The third-order valence-corrected chi connectivity index (χ3v) is 4.92. The van der Waals surface area contributed by atoms with E-state index in [1.807, 2.05) is 24.3 Å². The SMILES string of the molecule is CCCN1CCC(NC(=O)CNC(=O)c2ccc(C(C)(C)C)cc2)CC1. The van der Waals surface area contributed by atoms with Crippen molar-refractivity contribution < 1.29 is 9.59 Å². The molecule has 5 nitrogen and oxygen atoms in total. The van der Waals surface area contributed by atoms with Gasteiger partial charge in [0.25, 0.3) is 5.91 Å². The van der Waals surface area contributed by atoms with E-state index in [9.17, 15) is 9.59 Å². The Labute approximate surface area is 157 Å². The van der Waals surface area contributed by atoms with Crippen molar-refractivity contribution in [3.8, 4) is 0 Å². The highest BCUT2D eigenvalue weighted by Gasteiger charge is 2.20. The second kappa shape index (κ2) is 9.17. The zero-order valence-corrected chi connectivity index (χ0v) is 16.6. The summed E-state index contributed by atoms with van der Waals surface area (Å²) < 4.78 is 0. The van der Waals surface area contributed by atoms with Gasteiger partial charge in [-0.2, -0.15) is 0 Å². The number of amides is 2. The van der Waals surface area contributed by atoms with Gasteiger partial charge in [-0.15, -0.1) is 0 Å². The highest BCUT2D eigenvalue weighted by molar-refractivity contribution is 5.96. The normalized spacial score (nSPS) is 16.3. The predicted molar refractivity (Wildman–Crippen MR) is 105 cm³/mol. The highest BCUT2D eigenvalue weighted by Crippen LogP contribution is 2.22. The molecule has 1 fully saturated rings. The van der Waals surface area contributed by atoms with Crippen molar-refractivity contribution in [1.29, 1.82) is 0 Å². The maximum absolute atomic E-state index is 12.2. The molecule has 26 heavy (non-hydrogen) atoms. The van der Waals surface area contributed by atoms with Crippen LogP contribution < -0.4 is 10.6 Å². The maximum Gasteiger partial charge on any atom is 0.251 e. The fourth-order valence-electron chi connectivity index (χ4n) is 3.28. The molecule has 0 unspecified atom stereocenters. The second-order valence-electron chi connectivity index (χ2n) is 8.19. The minimum Gasteiger partial charge on any atom is -0.352 e. The lowest BCUT2D eigenvalue weighted by Crippen LogP contribution is -2.47. The molecule has 0 saturated carbocycles. The van der Waals surface area contributed by atoms with Gasteiger partial charge in [-0.1, -0.05) is 39.8 Å². The van der Waals surface area contributed by atoms with Crippen LogP contribution in [-0.4, -0.2) is 48.9 Å². The Morgan fingerprint density at radius 1 is 1.12 bits per heavy atom. The van der Waals surface area contributed by atoms with Gasteiger partial charge in [0, 0.05) is 24.7 Å². The number of carbonyl (C=O) groups excluding carboxylic acids is 2. The van der Waals surface area contributed by atoms with Crippen molar-refractivity contribution in [3.05, 3.63) is 35.4 Å². The van der Waals surface area contributed by atoms with E-state index in [0.29, 0.717) is 5.56 Å². The van der Waals surface area contributed by atoms with E-state index in [4.69, 9.17) is 0 Å². The van der Waals surface area contributed by atoms with Gasteiger partial charge < -0.3 is 15.5 Å². The van der Waals surface area contributed by atoms with Crippen LogP contribution in [0, 0.1) is 0 Å². The molecule has 1 aliphatic rings. The Hall–Kier alpha value is -1.88. The Bertz CT molecular complexity index is 597. The molecule has 1 heterocycles. The molecular weight excluding hydrogens is 326 g/mol. The van der Waals surface area contributed by atoms with Crippen molar-refractivity contribution in [3.63, 3.8) is 0 Å². The van der Waals surface area contributed by atoms with E-state index >= 15 is 0 Å². The molecule has 1 aromatic rings. The molecule has 2 amide bonds. The summed E-state index contributed by atoms with van der Waals surface area (Å²) in [6.07, 6.45) is 3.13. The molecule has 2 rings (SSSR count). The number of hydrogen-bond acceptors (Lipinski definition) is 3. The molecule has 2 N–H and O–H groups in total. The largest absolute Gasteiger partial charge is 0.352 e. The number of rotatable bonds is 6. The molecule has 1 saturated heterocycles. The lowest BCUT2D eigenvalue weighted by Gasteiger charge is -2.32. The number of carbonyl (C=O) groups is 2. The molecule has 0 radical (unpaired) electrons. The first-order valence-electron chi connectivity index (χ1n) is 9.70. The smallest absolute Gasteiger partial charge is 0.251 e. The summed E-state index contributed by atoms with van der Waals surface area (Å²) in [6.45, 7) is 11.8. The van der Waals surface area contributed by atoms with E-state index in [1.165, 1.54) is 12.0 Å². The van der Waals surface area contributed by atoms with Crippen LogP contribution in [0.1, 0.15) is 62.9 Å². The molecule has 0 aliphatic carbocycles. The summed E-state index contributed by atoms with van der Waals surface area (Å²) in [5.74, 6) is -0.322. The lowest BCUT2D eigenvalue weighted by atomic mass is 9.87. The second-order valence-corrected chi connectivity index (χ2v) is 8.19. The zero-order chi connectivity index (χ0) is 19.2. The van der Waals surface area contributed by atoms with Crippen molar-refractivity contribution in [2.45, 2.75) is 58.4 Å². The fourth-order valence-corrected chi connectivity index (χ4v) is 3.28. The van der Waals surface area contributed by atoms with Gasteiger partial charge in [-0.25, -0.2) is 0 Å². The van der Waals surface area contributed by atoms with Crippen LogP contribution in [0.15, 0.2) is 24.3 Å². The highest BCUT2D eigenvalue weighted by atomic mass is 16.2. The number of nitrogens with one attached hydrogen (secondary N) is 2. The number of piperidine rings is 1. The molecule has 0 spiro atoms. The standard InChI is InChI=1S/C21H33N3O2/c1-5-12-24-13-10-18(11-14-24)23-19(25)15-22-20(26)16-6-8-17(9-7-16)21(2,3)4/h6-9,18H,5,10-15H2,1-4H3,(H,22,26)(H,23,25). The average Bonchev–Trinajstić information content (AvgIpc) is 2.61. The minimum absolute atomic E-state index is 0.0228. The first kappa shape index (κ1) is 20.4.